The molecule has 2 heterocycles. The number of aromatic nitrogens is 3. The number of ether oxygens (including phenoxy) is 1. The Morgan fingerprint density at radius 2 is 1.89 bits per heavy atom. The van der Waals surface area contributed by atoms with Gasteiger partial charge in [-0.15, -0.1) is 23.4 Å². The van der Waals surface area contributed by atoms with E-state index in [-0.39, 0.29) is 33.0 Å². The fourth-order valence-corrected chi connectivity index (χ4v) is 3.09. The van der Waals surface area contributed by atoms with Crippen molar-refractivity contribution in [1.82, 2.24) is 15.2 Å². The molecule has 0 saturated heterocycles. The predicted octanol–water partition coefficient (Wildman–Crippen LogP) is 2.27. The average molecular weight is 400 g/mol. The molecule has 0 aliphatic rings. The molecule has 1 atom stereocenters. The molecule has 0 aliphatic carbocycles. The van der Waals surface area contributed by atoms with Gasteiger partial charge in [0.25, 0.3) is 5.89 Å². The van der Waals surface area contributed by atoms with Gasteiger partial charge in [0.05, 0.1) is 21.4 Å². The van der Waals surface area contributed by atoms with Crippen molar-refractivity contribution in [3.8, 4) is 17.3 Å². The van der Waals surface area contributed by atoms with Crippen molar-refractivity contribution in [3.05, 3.63) is 42.4 Å². The maximum absolute atomic E-state index is 12.6. The van der Waals surface area contributed by atoms with E-state index in [1.165, 1.54) is 24.4 Å². The number of aliphatic hydroxyl groups excluding tert-OH is 1. The summed E-state index contributed by atoms with van der Waals surface area (Å²) in [4.78, 5) is 4.50. The molecule has 142 valence electrons. The molecule has 8 nitrogen and oxygen atoms in total. The third-order valence-corrected chi connectivity index (χ3v) is 4.53. The third-order valence-electron chi connectivity index (χ3n) is 3.18. The quantitative estimate of drug-likeness (QED) is 0.668. The van der Waals surface area contributed by atoms with Gasteiger partial charge in [-0.2, -0.15) is 0 Å². The fourth-order valence-electron chi connectivity index (χ4n) is 2.06. The highest BCUT2D eigenvalue weighted by Gasteiger charge is 2.31. The van der Waals surface area contributed by atoms with Crippen LogP contribution in [-0.4, -0.2) is 30.9 Å². The average Bonchev–Trinajstić information content (AvgIpc) is 3.09. The molecule has 12 heteroatoms. The van der Waals surface area contributed by atoms with E-state index in [2.05, 4.69) is 19.9 Å². The highest BCUT2D eigenvalue weighted by atomic mass is 32.2. The smallest absolute Gasteiger partial charge is 0.417 e. The normalized spacial score (nSPS) is 12.7. The Kier molecular flexibility index (Phi) is 5.10. The van der Waals surface area contributed by atoms with Crippen molar-refractivity contribution < 1.29 is 31.6 Å². The van der Waals surface area contributed by atoms with Gasteiger partial charge in [-0.1, -0.05) is 0 Å². The van der Waals surface area contributed by atoms with Gasteiger partial charge < -0.3 is 20.0 Å². The number of hydrogen-bond donors (Lipinski definition) is 2. The molecule has 3 aromatic rings. The lowest BCUT2D eigenvalue weighted by Gasteiger charge is -2.09. The number of nitrogens with two attached hydrogens (primary N) is 1. The summed E-state index contributed by atoms with van der Waals surface area (Å²) in [5.41, 5.74) is 6.13. The Hall–Kier alpha value is -2.99. The van der Waals surface area contributed by atoms with E-state index in [1.807, 2.05) is 0 Å². The molecule has 0 saturated carbocycles. The zero-order chi connectivity index (χ0) is 19.6. The molecule has 3 N–H and O–H groups in total. The molecular formula is C15H11F3N4O4S. The first-order valence-corrected chi connectivity index (χ1v) is 8.38. The molecule has 0 amide bonds. The van der Waals surface area contributed by atoms with Crippen molar-refractivity contribution in [3.63, 3.8) is 0 Å². The topological polar surface area (TPSA) is 124 Å². The summed E-state index contributed by atoms with van der Waals surface area (Å²) in [6.07, 6.45) is -3.54. The minimum absolute atomic E-state index is 0.0115. The predicted molar refractivity (Wildman–Crippen MR) is 85.7 cm³/mol. The lowest BCUT2D eigenvalue weighted by atomic mass is 10.3. The van der Waals surface area contributed by atoms with Gasteiger partial charge >= 0.3 is 6.36 Å². The first-order chi connectivity index (χ1) is 12.8. The number of aliphatic hydroxyl groups is 1. The minimum Gasteiger partial charge on any atom is -0.417 e. The second-order valence-electron chi connectivity index (χ2n) is 5.06. The Bertz CT molecular complexity index is 976. The Labute approximate surface area is 152 Å². The number of benzene rings is 1. The zero-order valence-corrected chi connectivity index (χ0v) is 14.1. The van der Waals surface area contributed by atoms with Crippen LogP contribution in [0.5, 0.6) is 5.75 Å². The molecule has 27 heavy (non-hydrogen) atoms. The van der Waals surface area contributed by atoms with Gasteiger partial charge in [-0.05, 0) is 30.3 Å². The van der Waals surface area contributed by atoms with Gasteiger partial charge in [0.15, 0.2) is 5.69 Å². The molecule has 1 unspecified atom stereocenters. The second-order valence-corrected chi connectivity index (χ2v) is 6.54. The third kappa shape index (κ3) is 4.41. The summed E-state index contributed by atoms with van der Waals surface area (Å²) in [7, 11) is -1.74. The van der Waals surface area contributed by atoms with Crippen molar-refractivity contribution in [2.75, 3.05) is 5.73 Å². The molecule has 1 aromatic carbocycles. The van der Waals surface area contributed by atoms with Gasteiger partial charge in [0.1, 0.15) is 12.4 Å². The van der Waals surface area contributed by atoms with E-state index in [0.29, 0.717) is 0 Å². The van der Waals surface area contributed by atoms with Gasteiger partial charge in [0, 0.05) is 11.1 Å². The SMILES string of the molecule is Nc1cc(S(=O)c2ccc(OC(F)(F)F)cc2)cnc1-c1nnc(CO)o1. The van der Waals surface area contributed by atoms with Crippen LogP contribution in [0, 0.1) is 0 Å². The van der Waals surface area contributed by atoms with Crippen LogP contribution in [0.3, 0.4) is 0 Å². The van der Waals surface area contributed by atoms with E-state index >= 15 is 0 Å². The Morgan fingerprint density at radius 3 is 2.44 bits per heavy atom. The fraction of sp³-hybridized carbons (Fsp3) is 0.133. The summed E-state index contributed by atoms with van der Waals surface area (Å²) in [5.74, 6) is -0.449. The molecule has 3 rings (SSSR count). The largest absolute Gasteiger partial charge is 0.573 e. The molecular weight excluding hydrogens is 389 g/mol. The highest BCUT2D eigenvalue weighted by Crippen LogP contribution is 2.28. The number of halogens is 3. The van der Waals surface area contributed by atoms with Crippen LogP contribution in [0.15, 0.2) is 50.7 Å². The summed E-state index contributed by atoms with van der Waals surface area (Å²) >= 11 is 0. The Morgan fingerprint density at radius 1 is 1.19 bits per heavy atom. The number of rotatable bonds is 5. The molecule has 2 aromatic heterocycles. The van der Waals surface area contributed by atoms with Crippen LogP contribution >= 0.6 is 0 Å². The van der Waals surface area contributed by atoms with Crippen molar-refractivity contribution >= 4 is 16.5 Å². The van der Waals surface area contributed by atoms with E-state index in [4.69, 9.17) is 15.3 Å². The van der Waals surface area contributed by atoms with Crippen LogP contribution in [-0.2, 0) is 17.4 Å². The number of nitrogen functional groups attached to an aromatic ring is 1. The van der Waals surface area contributed by atoms with E-state index in [9.17, 15) is 17.4 Å². The second kappa shape index (κ2) is 7.32. The molecule has 0 fully saturated rings. The van der Waals surface area contributed by atoms with Crippen LogP contribution in [0.25, 0.3) is 11.6 Å². The van der Waals surface area contributed by atoms with E-state index in [1.54, 1.807) is 0 Å². The summed E-state index contributed by atoms with van der Waals surface area (Å²) in [6.45, 7) is -0.441. The van der Waals surface area contributed by atoms with Crippen molar-refractivity contribution in [1.29, 1.82) is 0 Å². The van der Waals surface area contributed by atoms with Crippen molar-refractivity contribution in [2.45, 2.75) is 22.8 Å². The highest BCUT2D eigenvalue weighted by molar-refractivity contribution is 7.85. The maximum Gasteiger partial charge on any atom is 0.573 e. The first-order valence-electron chi connectivity index (χ1n) is 7.23. The van der Waals surface area contributed by atoms with E-state index < -0.39 is 29.5 Å². The first kappa shape index (κ1) is 18.8. The monoisotopic (exact) mass is 400 g/mol. The molecule has 0 spiro atoms. The molecule has 0 aliphatic heterocycles. The lowest BCUT2D eigenvalue weighted by Crippen LogP contribution is -2.17. The maximum atomic E-state index is 12.6. The van der Waals surface area contributed by atoms with Crippen LogP contribution < -0.4 is 10.5 Å². The van der Waals surface area contributed by atoms with Gasteiger partial charge in [-0.25, -0.2) is 9.19 Å². The number of hydrogen-bond acceptors (Lipinski definition) is 8. The van der Waals surface area contributed by atoms with Crippen LogP contribution in [0.1, 0.15) is 5.89 Å². The van der Waals surface area contributed by atoms with Crippen molar-refractivity contribution in [2.24, 2.45) is 0 Å². The summed E-state index contributed by atoms with van der Waals surface area (Å²) in [6, 6.07) is 5.97. The molecule has 0 bridgehead atoms. The van der Waals surface area contributed by atoms with Gasteiger partial charge in [0.2, 0.25) is 5.89 Å². The number of pyridine rings is 1. The van der Waals surface area contributed by atoms with Crippen LogP contribution in [0.4, 0.5) is 18.9 Å². The summed E-state index contributed by atoms with van der Waals surface area (Å²) < 4.78 is 58.0. The van der Waals surface area contributed by atoms with Crippen LogP contribution in [0.2, 0.25) is 0 Å². The van der Waals surface area contributed by atoms with E-state index in [0.717, 1.165) is 12.1 Å². The molecule has 0 radical (unpaired) electrons. The lowest BCUT2D eigenvalue weighted by molar-refractivity contribution is -0.274. The number of alkyl halides is 3. The number of nitrogens with zero attached hydrogens (tertiary/aromatic N) is 3. The number of anilines is 1. The Balaban J connectivity index is 1.82. The summed E-state index contributed by atoms with van der Waals surface area (Å²) in [5, 5.41) is 16.2. The van der Waals surface area contributed by atoms with Gasteiger partial charge in [-0.3, -0.25) is 0 Å². The minimum atomic E-state index is -4.81. The zero-order valence-electron chi connectivity index (χ0n) is 13.3. The standard InChI is InChI=1S/C15H11F3N4O4S/c16-15(17,18)26-8-1-3-9(4-2-8)27(24)10-5-11(19)13(20-6-10)14-22-21-12(7-23)25-14/h1-6,23H,7,19H2.